The molecule has 0 fully saturated rings. The van der Waals surface area contributed by atoms with Gasteiger partial charge in [-0.3, -0.25) is 4.79 Å². The fourth-order valence-corrected chi connectivity index (χ4v) is 3.20. The highest BCUT2D eigenvalue weighted by Crippen LogP contribution is 2.20. The summed E-state index contributed by atoms with van der Waals surface area (Å²) < 4.78 is 1.87. The maximum absolute atomic E-state index is 12.7. The second kappa shape index (κ2) is 10.0. The van der Waals surface area contributed by atoms with Gasteiger partial charge in [-0.15, -0.1) is 0 Å². The van der Waals surface area contributed by atoms with E-state index < -0.39 is 6.04 Å². The number of aliphatic hydroxyl groups is 2. The Morgan fingerprint density at radius 1 is 1.17 bits per heavy atom. The zero-order valence-electron chi connectivity index (χ0n) is 17.2. The van der Waals surface area contributed by atoms with Crippen LogP contribution in [0.5, 0.6) is 0 Å². The Labute approximate surface area is 176 Å². The van der Waals surface area contributed by atoms with Gasteiger partial charge in [-0.05, 0) is 30.5 Å². The minimum absolute atomic E-state index is 0.0304. The second-order valence-corrected chi connectivity index (χ2v) is 7.21. The maximum Gasteiger partial charge on any atom is 0.253 e. The molecule has 30 heavy (non-hydrogen) atoms. The van der Waals surface area contributed by atoms with Crippen LogP contribution in [0.15, 0.2) is 61.1 Å². The molecule has 158 valence electrons. The van der Waals surface area contributed by atoms with Gasteiger partial charge in [-0.25, -0.2) is 4.98 Å². The van der Waals surface area contributed by atoms with Crippen molar-refractivity contribution in [3.8, 4) is 5.69 Å². The molecule has 2 unspecified atom stereocenters. The lowest BCUT2D eigenvalue weighted by Gasteiger charge is -2.17. The topological polar surface area (TPSA) is 99.4 Å². The molecule has 7 nitrogen and oxygen atoms in total. The first-order chi connectivity index (χ1) is 14.5. The van der Waals surface area contributed by atoms with Crippen molar-refractivity contribution in [3.05, 3.63) is 77.7 Å². The number of pyridine rings is 1. The second-order valence-electron chi connectivity index (χ2n) is 7.21. The van der Waals surface area contributed by atoms with Crippen molar-refractivity contribution in [2.24, 2.45) is 0 Å². The Morgan fingerprint density at radius 3 is 2.60 bits per heavy atom. The summed E-state index contributed by atoms with van der Waals surface area (Å²) in [5.41, 5.74) is 3.19. The van der Waals surface area contributed by atoms with Gasteiger partial charge in [-0.1, -0.05) is 37.3 Å². The van der Waals surface area contributed by atoms with Crippen molar-refractivity contribution in [2.45, 2.75) is 32.4 Å². The summed E-state index contributed by atoms with van der Waals surface area (Å²) in [6.45, 7) is 3.79. The summed E-state index contributed by atoms with van der Waals surface area (Å²) in [7, 11) is 0. The van der Waals surface area contributed by atoms with Crippen LogP contribution in [-0.4, -0.2) is 44.9 Å². The molecule has 0 radical (unpaired) electrons. The highest BCUT2D eigenvalue weighted by molar-refractivity contribution is 5.94. The average molecular weight is 409 g/mol. The molecule has 0 bridgehead atoms. The van der Waals surface area contributed by atoms with E-state index in [4.69, 9.17) is 0 Å². The Hall–Kier alpha value is -3.16. The predicted molar refractivity (Wildman–Crippen MR) is 117 cm³/mol. The van der Waals surface area contributed by atoms with Crippen molar-refractivity contribution in [1.29, 1.82) is 0 Å². The number of amides is 1. The van der Waals surface area contributed by atoms with Crippen LogP contribution >= 0.6 is 0 Å². The number of aryl methyl sites for hydroxylation is 1. The van der Waals surface area contributed by atoms with Gasteiger partial charge in [0.25, 0.3) is 5.91 Å². The third kappa shape index (κ3) is 5.06. The molecule has 1 aromatic carbocycles. The van der Waals surface area contributed by atoms with E-state index >= 15 is 0 Å². The molecular weight excluding hydrogens is 380 g/mol. The Balaban J connectivity index is 1.78. The Morgan fingerprint density at radius 2 is 1.93 bits per heavy atom. The number of hydrogen-bond donors (Lipinski definition) is 4. The van der Waals surface area contributed by atoms with E-state index in [0.29, 0.717) is 11.4 Å². The van der Waals surface area contributed by atoms with E-state index in [2.05, 4.69) is 15.6 Å². The zero-order chi connectivity index (χ0) is 21.5. The highest BCUT2D eigenvalue weighted by Gasteiger charge is 2.16. The summed E-state index contributed by atoms with van der Waals surface area (Å²) in [5.74, 6) is 0.411. The fraction of sp³-hybridized carbons (Fsp3) is 0.304. The van der Waals surface area contributed by atoms with Gasteiger partial charge in [0.05, 0.1) is 36.5 Å². The molecule has 3 aromatic rings. The van der Waals surface area contributed by atoms with Crippen LogP contribution in [0.1, 0.15) is 40.9 Å². The third-order valence-electron chi connectivity index (χ3n) is 5.06. The number of aromatic nitrogens is 2. The van der Waals surface area contributed by atoms with Crippen molar-refractivity contribution in [2.75, 3.05) is 18.5 Å². The lowest BCUT2D eigenvalue weighted by Crippen LogP contribution is -2.30. The molecule has 7 heteroatoms. The van der Waals surface area contributed by atoms with Crippen LogP contribution < -0.4 is 10.6 Å². The molecule has 0 aliphatic carbocycles. The van der Waals surface area contributed by atoms with E-state index in [1.165, 1.54) is 0 Å². The van der Waals surface area contributed by atoms with Crippen molar-refractivity contribution in [3.63, 3.8) is 0 Å². The SMILES string of the molecule is CCC(CO)Nc1cc(-n2ccc(C(=O)NC(CO)c3ccccc3)c2)c(C)cn1. The Bertz CT molecular complexity index is 968. The molecule has 2 aromatic heterocycles. The molecule has 3 rings (SSSR count). The number of carbonyl (C=O) groups is 1. The number of anilines is 1. The van der Waals surface area contributed by atoms with Crippen molar-refractivity contribution in [1.82, 2.24) is 14.9 Å². The summed E-state index contributed by atoms with van der Waals surface area (Å²) >= 11 is 0. The fourth-order valence-electron chi connectivity index (χ4n) is 3.20. The summed E-state index contributed by atoms with van der Waals surface area (Å²) in [4.78, 5) is 17.1. The van der Waals surface area contributed by atoms with Crippen LogP contribution in [0.3, 0.4) is 0 Å². The lowest BCUT2D eigenvalue weighted by molar-refractivity contribution is 0.0916. The van der Waals surface area contributed by atoms with Gasteiger partial charge in [0.1, 0.15) is 5.82 Å². The van der Waals surface area contributed by atoms with Crippen molar-refractivity contribution < 1.29 is 15.0 Å². The van der Waals surface area contributed by atoms with Crippen LogP contribution in [0.25, 0.3) is 5.69 Å². The number of carbonyl (C=O) groups excluding carboxylic acids is 1. The van der Waals surface area contributed by atoms with Gasteiger partial charge in [0, 0.05) is 24.7 Å². The molecule has 1 amide bonds. The number of hydrogen-bond acceptors (Lipinski definition) is 5. The monoisotopic (exact) mass is 408 g/mol. The van der Waals surface area contributed by atoms with E-state index in [1.54, 1.807) is 18.5 Å². The molecular formula is C23H28N4O3. The number of rotatable bonds is 9. The van der Waals surface area contributed by atoms with E-state index in [1.807, 2.05) is 61.0 Å². The van der Waals surface area contributed by atoms with E-state index in [0.717, 1.165) is 23.2 Å². The van der Waals surface area contributed by atoms with Gasteiger partial charge >= 0.3 is 0 Å². The average Bonchev–Trinajstić information content (AvgIpc) is 3.27. The maximum atomic E-state index is 12.7. The van der Waals surface area contributed by atoms with Crippen LogP contribution in [-0.2, 0) is 0 Å². The van der Waals surface area contributed by atoms with Gasteiger partial charge in [0.2, 0.25) is 0 Å². The molecule has 0 saturated carbocycles. The van der Waals surface area contributed by atoms with Crippen LogP contribution in [0.4, 0.5) is 5.82 Å². The molecule has 0 aliphatic rings. The van der Waals surface area contributed by atoms with E-state index in [9.17, 15) is 15.0 Å². The predicted octanol–water partition coefficient (Wildman–Crippen LogP) is 2.83. The summed E-state index contributed by atoms with van der Waals surface area (Å²) in [6, 6.07) is 12.5. The largest absolute Gasteiger partial charge is 0.394 e. The van der Waals surface area contributed by atoms with E-state index in [-0.39, 0.29) is 25.2 Å². The molecule has 4 N–H and O–H groups in total. The highest BCUT2D eigenvalue weighted by atomic mass is 16.3. The first-order valence-electron chi connectivity index (χ1n) is 10.0. The third-order valence-corrected chi connectivity index (χ3v) is 5.06. The number of aliphatic hydroxyl groups excluding tert-OH is 2. The normalized spacial score (nSPS) is 12.9. The van der Waals surface area contributed by atoms with Gasteiger partial charge in [-0.2, -0.15) is 0 Å². The van der Waals surface area contributed by atoms with Gasteiger partial charge in [0.15, 0.2) is 0 Å². The standard InChI is InChI=1S/C23H28N4O3/c1-3-19(14-28)25-22-11-21(16(2)12-24-22)27-10-9-18(13-27)23(30)26-20(15-29)17-7-5-4-6-8-17/h4-13,19-20,28-29H,3,14-15H2,1-2H3,(H,24,25)(H,26,30). The number of nitrogens with one attached hydrogen (secondary N) is 2. The number of nitrogens with zero attached hydrogens (tertiary/aromatic N) is 2. The quantitative estimate of drug-likeness (QED) is 0.436. The summed E-state index contributed by atoms with van der Waals surface area (Å²) in [6.07, 6.45) is 6.12. The minimum atomic E-state index is -0.468. The molecule has 2 atom stereocenters. The molecule has 0 aliphatic heterocycles. The molecule has 2 heterocycles. The molecule has 0 saturated heterocycles. The van der Waals surface area contributed by atoms with Crippen LogP contribution in [0, 0.1) is 6.92 Å². The zero-order valence-corrected chi connectivity index (χ0v) is 17.2. The lowest BCUT2D eigenvalue weighted by atomic mass is 10.1. The number of benzene rings is 1. The minimum Gasteiger partial charge on any atom is -0.394 e. The molecule has 0 spiro atoms. The Kier molecular flexibility index (Phi) is 7.21. The summed E-state index contributed by atoms with van der Waals surface area (Å²) in [5, 5.41) is 25.2. The van der Waals surface area contributed by atoms with Gasteiger partial charge < -0.3 is 25.4 Å². The van der Waals surface area contributed by atoms with Crippen molar-refractivity contribution >= 4 is 11.7 Å². The first kappa shape index (κ1) is 21.5. The van der Waals surface area contributed by atoms with Crippen LogP contribution in [0.2, 0.25) is 0 Å². The smallest absolute Gasteiger partial charge is 0.253 e. The first-order valence-corrected chi connectivity index (χ1v) is 10.0.